The zero-order chi connectivity index (χ0) is 24.6. The second kappa shape index (κ2) is 12.6. The molecule has 2 aliphatic rings. The topological polar surface area (TPSA) is 72.3 Å². The third-order valence-corrected chi connectivity index (χ3v) is 7.79. The van der Waals surface area contributed by atoms with Gasteiger partial charge in [0.05, 0.1) is 29.3 Å². The fourth-order valence-corrected chi connectivity index (χ4v) is 5.99. The number of hydrogen-bond acceptors (Lipinski definition) is 5. The van der Waals surface area contributed by atoms with Crippen LogP contribution in [0.25, 0.3) is 10.9 Å². The van der Waals surface area contributed by atoms with Crippen molar-refractivity contribution in [1.29, 1.82) is 0 Å². The zero-order valence-electron chi connectivity index (χ0n) is 20.6. The standard InChI is InChI=1S/C14H18N2.C12H18FN3O2S/c1-16-14-9-12(7-8-13(14)10-15-16)11-5-3-2-4-6-11;1-19(17)15-11-5-7-16(8-10(11)9-18-13)12-4-2-3-6-14-12/h7-11H,2-6H2,1H3;2-4,6,10-11,15H,5,7-9H2,1H3/t;10-,11?,19?/m.0/s1. The van der Waals surface area contributed by atoms with Crippen LogP contribution in [0.1, 0.15) is 50.0 Å². The molecule has 2 unspecified atom stereocenters. The first kappa shape index (κ1) is 25.7. The number of aromatic nitrogens is 3. The highest BCUT2D eigenvalue weighted by molar-refractivity contribution is 7.82. The van der Waals surface area contributed by atoms with E-state index in [0.717, 1.165) is 24.7 Å². The Hall–Kier alpha value is -2.36. The molecule has 1 aliphatic carbocycles. The van der Waals surface area contributed by atoms with E-state index in [4.69, 9.17) is 0 Å². The maximum absolute atomic E-state index is 12.2. The molecule has 1 aromatic carbocycles. The van der Waals surface area contributed by atoms with Crippen LogP contribution in [0.2, 0.25) is 0 Å². The number of nitrogens with zero attached hydrogens (tertiary/aromatic N) is 4. The number of anilines is 1. The van der Waals surface area contributed by atoms with Crippen LogP contribution >= 0.6 is 0 Å². The monoisotopic (exact) mass is 501 g/mol. The Kier molecular flexibility index (Phi) is 9.23. The Bertz CT molecular complexity index is 1090. The number of benzene rings is 1. The number of nitrogens with one attached hydrogen (secondary N) is 1. The quantitative estimate of drug-likeness (QED) is 0.531. The molecule has 1 aliphatic heterocycles. The van der Waals surface area contributed by atoms with Crippen LogP contribution in [-0.2, 0) is 23.0 Å². The first-order valence-corrected chi connectivity index (χ1v) is 14.0. The fourth-order valence-electron chi connectivity index (χ4n) is 5.25. The van der Waals surface area contributed by atoms with Crippen LogP contribution < -0.4 is 9.62 Å². The lowest BCUT2D eigenvalue weighted by atomic mass is 9.84. The highest BCUT2D eigenvalue weighted by atomic mass is 32.2. The average Bonchev–Trinajstić information content (AvgIpc) is 3.26. The van der Waals surface area contributed by atoms with Crippen molar-refractivity contribution in [3.63, 3.8) is 0 Å². The molecule has 2 fully saturated rings. The summed E-state index contributed by atoms with van der Waals surface area (Å²) in [5.74, 6) is 1.61. The third kappa shape index (κ3) is 6.86. The summed E-state index contributed by atoms with van der Waals surface area (Å²) in [6.07, 6.45) is 13.0. The molecule has 3 aromatic rings. The van der Waals surface area contributed by atoms with Crippen LogP contribution in [0.5, 0.6) is 0 Å². The van der Waals surface area contributed by atoms with Crippen LogP contribution in [0.15, 0.2) is 48.8 Å². The number of halogens is 1. The normalized spacial score (nSPS) is 22.0. The number of hydrogen-bond donors (Lipinski definition) is 1. The summed E-state index contributed by atoms with van der Waals surface area (Å²) in [7, 11) is 0.916. The minimum absolute atomic E-state index is 0.00143. The van der Waals surface area contributed by atoms with Crippen molar-refractivity contribution in [3.8, 4) is 0 Å². The van der Waals surface area contributed by atoms with Crippen molar-refractivity contribution in [2.24, 2.45) is 13.0 Å². The lowest BCUT2D eigenvalue weighted by molar-refractivity contribution is -0.147. The van der Waals surface area contributed by atoms with Crippen LogP contribution in [-0.4, -0.2) is 51.0 Å². The van der Waals surface area contributed by atoms with E-state index in [-0.39, 0.29) is 18.6 Å². The highest BCUT2D eigenvalue weighted by Gasteiger charge is 2.30. The van der Waals surface area contributed by atoms with Gasteiger partial charge >= 0.3 is 0 Å². The van der Waals surface area contributed by atoms with E-state index >= 15 is 0 Å². The Morgan fingerprint density at radius 3 is 2.71 bits per heavy atom. The second-order valence-corrected chi connectivity index (χ2v) is 10.7. The summed E-state index contributed by atoms with van der Waals surface area (Å²) in [6, 6.07) is 12.6. The predicted molar refractivity (Wildman–Crippen MR) is 139 cm³/mol. The van der Waals surface area contributed by atoms with Gasteiger partial charge in [-0.3, -0.25) is 4.68 Å². The largest absolute Gasteiger partial charge is 0.356 e. The molecule has 1 saturated heterocycles. The maximum Gasteiger partial charge on any atom is 0.128 e. The Balaban J connectivity index is 0.000000167. The fraction of sp³-hybridized carbons (Fsp3) is 0.538. The van der Waals surface area contributed by atoms with E-state index in [9.17, 15) is 8.74 Å². The molecule has 35 heavy (non-hydrogen) atoms. The van der Waals surface area contributed by atoms with Gasteiger partial charge in [-0.05, 0) is 53.5 Å². The van der Waals surface area contributed by atoms with Gasteiger partial charge in [0.25, 0.3) is 0 Å². The summed E-state index contributed by atoms with van der Waals surface area (Å²) >= 11 is 0. The van der Waals surface area contributed by atoms with E-state index in [1.165, 1.54) is 48.6 Å². The lowest BCUT2D eigenvalue weighted by Gasteiger charge is -2.38. The van der Waals surface area contributed by atoms with Crippen LogP contribution in [0, 0.1) is 5.92 Å². The van der Waals surface area contributed by atoms with E-state index in [1.807, 2.05) is 36.1 Å². The van der Waals surface area contributed by atoms with Crippen molar-refractivity contribution in [1.82, 2.24) is 19.5 Å². The smallest absolute Gasteiger partial charge is 0.128 e. The number of rotatable bonds is 6. The summed E-state index contributed by atoms with van der Waals surface area (Å²) in [5.41, 5.74) is 2.78. The van der Waals surface area contributed by atoms with Gasteiger partial charge in [-0.1, -0.05) is 37.5 Å². The highest BCUT2D eigenvalue weighted by Crippen LogP contribution is 2.33. The molecule has 5 rings (SSSR count). The van der Waals surface area contributed by atoms with Gasteiger partial charge in [-0.2, -0.15) is 10.0 Å². The summed E-state index contributed by atoms with van der Waals surface area (Å²) in [4.78, 5) is 10.2. The Morgan fingerprint density at radius 2 is 2.00 bits per heavy atom. The van der Waals surface area contributed by atoms with Crippen LogP contribution in [0.4, 0.5) is 10.3 Å². The predicted octanol–water partition coefficient (Wildman–Crippen LogP) is 4.68. The van der Waals surface area contributed by atoms with Gasteiger partial charge < -0.3 is 4.90 Å². The maximum atomic E-state index is 12.2. The summed E-state index contributed by atoms with van der Waals surface area (Å²) in [6.45, 7) is 1.43. The van der Waals surface area contributed by atoms with Crippen molar-refractivity contribution in [2.75, 3.05) is 30.9 Å². The van der Waals surface area contributed by atoms with Gasteiger partial charge in [0.15, 0.2) is 0 Å². The summed E-state index contributed by atoms with van der Waals surface area (Å²) in [5, 5.41) is 5.55. The average molecular weight is 502 g/mol. The number of fused-ring (bicyclic) bond motifs is 1. The molecule has 0 amide bonds. The van der Waals surface area contributed by atoms with Gasteiger partial charge in [-0.15, -0.1) is 0 Å². The van der Waals surface area contributed by atoms with E-state index in [1.54, 1.807) is 12.5 Å². The number of aryl methyl sites for hydroxylation is 1. The molecular formula is C26H36FN5O2S. The number of piperidine rings is 1. The van der Waals surface area contributed by atoms with Gasteiger partial charge in [0.2, 0.25) is 0 Å². The third-order valence-electron chi connectivity index (χ3n) is 7.15. The first-order chi connectivity index (χ1) is 17.0. The Morgan fingerprint density at radius 1 is 1.17 bits per heavy atom. The van der Waals surface area contributed by atoms with Gasteiger partial charge in [0.1, 0.15) is 5.82 Å². The number of pyridine rings is 1. The molecule has 1 N–H and O–H groups in total. The molecule has 0 radical (unpaired) electrons. The molecule has 0 bridgehead atoms. The molecule has 3 atom stereocenters. The minimum atomic E-state index is -1.11. The van der Waals surface area contributed by atoms with Crippen molar-refractivity contribution in [3.05, 3.63) is 54.4 Å². The molecule has 0 spiro atoms. The zero-order valence-corrected chi connectivity index (χ0v) is 21.4. The van der Waals surface area contributed by atoms with E-state index in [0.29, 0.717) is 6.54 Å². The van der Waals surface area contributed by atoms with Crippen molar-refractivity contribution >= 4 is 27.7 Å². The SMILES string of the molecule is CS(=O)NC1CCN(c2ccccn2)C[C@H]1COF.Cn1ncc2ccc(C3CCCCC3)cc21. The van der Waals surface area contributed by atoms with E-state index < -0.39 is 11.0 Å². The van der Waals surface area contributed by atoms with Gasteiger partial charge in [0, 0.05) is 49.9 Å². The second-order valence-electron chi connectivity index (χ2n) is 9.56. The molecule has 190 valence electrons. The first-order valence-electron chi connectivity index (χ1n) is 12.5. The van der Waals surface area contributed by atoms with Crippen LogP contribution in [0.3, 0.4) is 0 Å². The van der Waals surface area contributed by atoms with E-state index in [2.05, 4.69) is 42.8 Å². The molecule has 2 aromatic heterocycles. The summed E-state index contributed by atoms with van der Waals surface area (Å²) < 4.78 is 28.4. The molecule has 9 heteroatoms. The Labute approximate surface area is 209 Å². The van der Waals surface area contributed by atoms with Gasteiger partial charge in [-0.25, -0.2) is 13.9 Å². The molecular weight excluding hydrogens is 465 g/mol. The lowest BCUT2D eigenvalue weighted by Crippen LogP contribution is -2.51. The van der Waals surface area contributed by atoms with Crippen molar-refractivity contribution in [2.45, 2.75) is 50.5 Å². The molecule has 1 saturated carbocycles. The molecule has 3 heterocycles. The minimum Gasteiger partial charge on any atom is -0.356 e. The van der Waals surface area contributed by atoms with Crippen molar-refractivity contribution < 1.29 is 13.7 Å². The molecule has 7 nitrogen and oxygen atoms in total.